The first-order chi connectivity index (χ1) is 10.8. The van der Waals surface area contributed by atoms with E-state index >= 15 is 0 Å². The monoisotopic (exact) mass is 377 g/mol. The average Bonchev–Trinajstić information content (AvgIpc) is 2.44. The third-order valence-corrected chi connectivity index (χ3v) is 3.44. The van der Waals surface area contributed by atoms with Crippen LogP contribution in [0.5, 0.6) is 0 Å². The van der Waals surface area contributed by atoms with Gasteiger partial charge in [0.05, 0.1) is 10.0 Å². The molecule has 0 saturated carbocycles. The second-order valence-corrected chi connectivity index (χ2v) is 5.46. The lowest BCUT2D eigenvalue weighted by atomic mass is 10.3. The zero-order valence-electron chi connectivity index (χ0n) is 11.1. The summed E-state index contributed by atoms with van der Waals surface area (Å²) < 4.78 is 12.8. The van der Waals surface area contributed by atoms with Crippen molar-refractivity contribution in [3.63, 3.8) is 0 Å². The number of nitro groups is 1. The highest BCUT2D eigenvalue weighted by Gasteiger charge is 2.32. The highest BCUT2D eigenvalue weighted by Crippen LogP contribution is 2.37. The number of anilines is 2. The molecule has 2 amide bonds. The van der Waals surface area contributed by atoms with Crippen LogP contribution in [0.3, 0.4) is 0 Å². The summed E-state index contributed by atoms with van der Waals surface area (Å²) in [5.41, 5.74) is -0.174. The molecule has 0 bridgehead atoms. The highest BCUT2D eigenvalue weighted by atomic mass is 35.5. The normalized spacial score (nSPS) is 10.3. The molecule has 2 aromatic carbocycles. The first-order valence-corrected chi connectivity index (χ1v) is 7.08. The van der Waals surface area contributed by atoms with Crippen LogP contribution in [-0.2, 0) is 0 Å². The quantitative estimate of drug-likeness (QED) is 0.602. The van der Waals surface area contributed by atoms with Crippen LogP contribution in [0.1, 0.15) is 0 Å². The average molecular weight is 379 g/mol. The van der Waals surface area contributed by atoms with Crippen molar-refractivity contribution in [1.29, 1.82) is 0 Å². The van der Waals surface area contributed by atoms with Gasteiger partial charge in [0.2, 0.25) is 0 Å². The second-order valence-electron chi connectivity index (χ2n) is 4.20. The maximum absolute atomic E-state index is 12.8. The van der Waals surface area contributed by atoms with E-state index in [2.05, 4.69) is 5.32 Å². The number of hydrogen-bond donors (Lipinski definition) is 1. The number of halogens is 4. The van der Waals surface area contributed by atoms with Gasteiger partial charge < -0.3 is 5.32 Å². The number of hydrogen-bond acceptors (Lipinski definition) is 3. The molecule has 0 aliphatic rings. The molecule has 0 fully saturated rings. The molecule has 120 valence electrons. The van der Waals surface area contributed by atoms with Crippen molar-refractivity contribution >= 4 is 52.2 Å². The van der Waals surface area contributed by atoms with E-state index in [1.54, 1.807) is 0 Å². The van der Waals surface area contributed by atoms with Crippen LogP contribution in [0.2, 0.25) is 15.1 Å². The topological polar surface area (TPSA) is 75.5 Å². The first-order valence-electron chi connectivity index (χ1n) is 5.95. The van der Waals surface area contributed by atoms with Crippen LogP contribution >= 0.6 is 34.8 Å². The van der Waals surface area contributed by atoms with Gasteiger partial charge in [0.25, 0.3) is 0 Å². The third kappa shape index (κ3) is 4.01. The summed E-state index contributed by atoms with van der Waals surface area (Å²) in [5.74, 6) is -0.516. The molecule has 2 aromatic rings. The Bertz CT molecular complexity index is 748. The summed E-state index contributed by atoms with van der Waals surface area (Å²) in [7, 11) is 0. The summed E-state index contributed by atoms with van der Waals surface area (Å²) in [4.78, 5) is 23.4. The number of urea groups is 1. The molecule has 0 aromatic heterocycles. The van der Waals surface area contributed by atoms with Gasteiger partial charge in [-0.2, -0.15) is 0 Å². The smallest absolute Gasteiger partial charge is 0.303 e. The van der Waals surface area contributed by atoms with Crippen LogP contribution in [0.4, 0.5) is 20.6 Å². The van der Waals surface area contributed by atoms with Gasteiger partial charge in [-0.05, 0) is 41.4 Å². The zero-order chi connectivity index (χ0) is 17.1. The Morgan fingerprint density at radius 3 is 2.13 bits per heavy atom. The van der Waals surface area contributed by atoms with Crippen molar-refractivity contribution in [2.24, 2.45) is 0 Å². The van der Waals surface area contributed by atoms with Gasteiger partial charge >= 0.3 is 6.03 Å². The number of amides is 2. The molecule has 0 atom stereocenters. The molecule has 6 nitrogen and oxygen atoms in total. The van der Waals surface area contributed by atoms with Crippen molar-refractivity contribution < 1.29 is 14.2 Å². The fraction of sp³-hybridized carbons (Fsp3) is 0. The molecule has 0 aliphatic carbocycles. The Morgan fingerprint density at radius 1 is 1.13 bits per heavy atom. The van der Waals surface area contributed by atoms with E-state index in [9.17, 15) is 19.3 Å². The van der Waals surface area contributed by atoms with Gasteiger partial charge in [-0.3, -0.25) is 0 Å². The zero-order valence-corrected chi connectivity index (χ0v) is 13.4. The third-order valence-electron chi connectivity index (χ3n) is 2.64. The molecular weight excluding hydrogens is 372 g/mol. The fourth-order valence-corrected chi connectivity index (χ4v) is 2.68. The van der Waals surface area contributed by atoms with E-state index in [1.807, 2.05) is 0 Å². The molecule has 0 radical (unpaired) electrons. The SMILES string of the molecule is O=C(Nc1ccc(F)cc1)N(c1c(Cl)cc(Cl)cc1Cl)[N+](=O)[O-]. The first kappa shape index (κ1) is 17.3. The van der Waals surface area contributed by atoms with E-state index in [4.69, 9.17) is 34.8 Å². The maximum Gasteiger partial charge on any atom is 0.385 e. The summed E-state index contributed by atoms with van der Waals surface area (Å²) >= 11 is 17.5. The number of benzene rings is 2. The molecule has 10 heteroatoms. The Hall–Kier alpha value is -2.09. The lowest BCUT2D eigenvalue weighted by Gasteiger charge is -2.16. The lowest BCUT2D eigenvalue weighted by molar-refractivity contribution is -0.481. The summed E-state index contributed by atoms with van der Waals surface area (Å²) in [5, 5.41) is 12.5. The van der Waals surface area contributed by atoms with Crippen LogP contribution < -0.4 is 10.3 Å². The fourth-order valence-electron chi connectivity index (χ4n) is 1.70. The van der Waals surface area contributed by atoms with Gasteiger partial charge in [0.1, 0.15) is 5.82 Å². The maximum atomic E-state index is 12.8. The Kier molecular flexibility index (Phi) is 5.25. The van der Waals surface area contributed by atoms with E-state index in [0.717, 1.165) is 12.1 Å². The van der Waals surface area contributed by atoms with E-state index in [1.165, 1.54) is 24.3 Å². The number of carbonyl (C=O) groups excluding carboxylic acids is 1. The number of nitrogens with zero attached hydrogens (tertiary/aromatic N) is 2. The van der Waals surface area contributed by atoms with Gasteiger partial charge in [0.15, 0.2) is 10.7 Å². The van der Waals surface area contributed by atoms with Crippen LogP contribution in [-0.4, -0.2) is 11.1 Å². The summed E-state index contributed by atoms with van der Waals surface area (Å²) in [6.07, 6.45) is 0. The minimum absolute atomic E-state index is 0.143. The van der Waals surface area contributed by atoms with Gasteiger partial charge in [-0.15, -0.1) is 0 Å². The minimum Gasteiger partial charge on any atom is -0.303 e. The van der Waals surface area contributed by atoms with Crippen LogP contribution in [0, 0.1) is 15.9 Å². The Labute approximate surface area is 144 Å². The number of hydrazine groups is 1. The van der Waals surface area contributed by atoms with Crippen molar-refractivity contribution in [1.82, 2.24) is 0 Å². The molecule has 2 rings (SSSR count). The van der Waals surface area contributed by atoms with E-state index < -0.39 is 16.9 Å². The van der Waals surface area contributed by atoms with Crippen molar-refractivity contribution in [3.8, 4) is 0 Å². The number of rotatable bonds is 3. The lowest BCUT2D eigenvalue weighted by Crippen LogP contribution is -2.40. The molecule has 1 N–H and O–H groups in total. The van der Waals surface area contributed by atoms with E-state index in [-0.39, 0.29) is 31.5 Å². The van der Waals surface area contributed by atoms with Gasteiger partial charge in [0, 0.05) is 10.7 Å². The second kappa shape index (κ2) is 6.99. The van der Waals surface area contributed by atoms with Crippen LogP contribution in [0.25, 0.3) is 0 Å². The van der Waals surface area contributed by atoms with Crippen molar-refractivity contribution in [3.05, 3.63) is 67.4 Å². The predicted molar refractivity (Wildman–Crippen MR) is 86.4 cm³/mol. The van der Waals surface area contributed by atoms with E-state index in [0.29, 0.717) is 0 Å². The molecular formula is C13H7Cl3FN3O3. The summed E-state index contributed by atoms with van der Waals surface area (Å²) in [6, 6.07) is 5.97. The molecule has 0 spiro atoms. The molecule has 0 heterocycles. The molecule has 0 saturated heterocycles. The van der Waals surface area contributed by atoms with Crippen molar-refractivity contribution in [2.45, 2.75) is 0 Å². The molecule has 23 heavy (non-hydrogen) atoms. The largest absolute Gasteiger partial charge is 0.385 e. The summed E-state index contributed by atoms with van der Waals surface area (Å²) in [6.45, 7) is 0. The standard InChI is InChI=1S/C13H7Cl3FN3O3/c14-7-5-10(15)12(11(16)6-7)19(20(22)23)13(21)18-9-3-1-8(17)2-4-9/h1-6H,(H,18,21). The highest BCUT2D eigenvalue weighted by molar-refractivity contribution is 6.42. The molecule has 0 unspecified atom stereocenters. The predicted octanol–water partition coefficient (Wildman–Crippen LogP) is 5.02. The van der Waals surface area contributed by atoms with Crippen molar-refractivity contribution in [2.75, 3.05) is 10.3 Å². The number of carbonyl (C=O) groups is 1. The van der Waals surface area contributed by atoms with Crippen LogP contribution in [0.15, 0.2) is 36.4 Å². The number of nitrogens with one attached hydrogen (secondary N) is 1. The molecule has 0 aliphatic heterocycles. The van der Waals surface area contributed by atoms with Gasteiger partial charge in [-0.25, -0.2) is 19.3 Å². The minimum atomic E-state index is -1.13. The van der Waals surface area contributed by atoms with Gasteiger partial charge in [-0.1, -0.05) is 34.8 Å². The Morgan fingerprint density at radius 2 is 1.65 bits per heavy atom. The Balaban J connectivity index is 2.37.